The zero-order valence-corrected chi connectivity index (χ0v) is 20.0. The van der Waals surface area contributed by atoms with Gasteiger partial charge in [-0.2, -0.15) is 0 Å². The summed E-state index contributed by atoms with van der Waals surface area (Å²) in [5, 5.41) is 13.5. The molecule has 31 heavy (non-hydrogen) atoms. The van der Waals surface area contributed by atoms with Crippen molar-refractivity contribution in [2.75, 3.05) is 6.54 Å². The van der Waals surface area contributed by atoms with Crippen molar-refractivity contribution in [1.82, 2.24) is 30.0 Å². The highest BCUT2D eigenvalue weighted by Crippen LogP contribution is 2.36. The highest BCUT2D eigenvalue weighted by atomic mass is 32.1. The van der Waals surface area contributed by atoms with E-state index in [1.54, 1.807) is 6.92 Å². The van der Waals surface area contributed by atoms with Crippen LogP contribution in [-0.2, 0) is 37.1 Å². The van der Waals surface area contributed by atoms with Gasteiger partial charge in [0.2, 0.25) is 5.91 Å². The minimum Gasteiger partial charge on any atom is -0.352 e. The summed E-state index contributed by atoms with van der Waals surface area (Å²) >= 11 is 1.87. The smallest absolute Gasteiger partial charge is 0.217 e. The number of thiazole rings is 1. The van der Waals surface area contributed by atoms with Gasteiger partial charge in [-0.1, -0.05) is 26.7 Å². The van der Waals surface area contributed by atoms with Gasteiger partial charge in [0.25, 0.3) is 0 Å². The van der Waals surface area contributed by atoms with E-state index in [9.17, 15) is 4.79 Å². The van der Waals surface area contributed by atoms with Crippen molar-refractivity contribution in [2.45, 2.75) is 104 Å². The van der Waals surface area contributed by atoms with E-state index in [0.29, 0.717) is 0 Å². The molecule has 1 aliphatic carbocycles. The lowest BCUT2D eigenvalue weighted by molar-refractivity contribution is -0.119. The molecule has 2 aliphatic heterocycles. The topological polar surface area (TPSA) is 75.9 Å². The molecule has 5 rings (SSSR count). The fourth-order valence-electron chi connectivity index (χ4n) is 4.98. The van der Waals surface area contributed by atoms with Crippen molar-refractivity contribution in [3.63, 3.8) is 0 Å². The number of nitrogens with zero attached hydrogens (tertiary/aromatic N) is 5. The molecule has 1 amide bonds. The molecule has 170 valence electrons. The second kappa shape index (κ2) is 10.2. The number of fused-ring (bicyclic) bond motifs is 2. The summed E-state index contributed by atoms with van der Waals surface area (Å²) in [5.74, 6) is 2.25. The first-order valence-electron chi connectivity index (χ1n) is 12.0. The molecule has 2 aromatic rings. The summed E-state index contributed by atoms with van der Waals surface area (Å²) < 4.78 is 2.35. The fourth-order valence-corrected chi connectivity index (χ4v) is 6.16. The Morgan fingerprint density at radius 3 is 2.74 bits per heavy atom. The van der Waals surface area contributed by atoms with Crippen LogP contribution in [0.1, 0.15) is 92.6 Å². The van der Waals surface area contributed by atoms with E-state index in [1.807, 2.05) is 11.3 Å². The Morgan fingerprint density at radius 2 is 1.97 bits per heavy atom. The number of aromatic nitrogens is 4. The third kappa shape index (κ3) is 5.17. The van der Waals surface area contributed by atoms with E-state index in [-0.39, 0.29) is 18.0 Å². The second-order valence-corrected chi connectivity index (χ2v) is 10.2. The van der Waals surface area contributed by atoms with E-state index in [1.165, 1.54) is 54.1 Å². The molecular formula is C23H36N6OS. The van der Waals surface area contributed by atoms with Gasteiger partial charge in [0, 0.05) is 37.4 Å². The Hall–Kier alpha value is -1.80. The zero-order chi connectivity index (χ0) is 21.8. The molecule has 0 radical (unpaired) electrons. The number of carbonyl (C=O) groups is 1. The van der Waals surface area contributed by atoms with Gasteiger partial charge in [-0.3, -0.25) is 9.69 Å². The van der Waals surface area contributed by atoms with Crippen LogP contribution in [0, 0.1) is 0 Å². The minimum absolute atomic E-state index is 0.0406. The molecule has 0 saturated carbocycles. The van der Waals surface area contributed by atoms with Gasteiger partial charge in [-0.25, -0.2) is 4.98 Å². The Labute approximate surface area is 189 Å². The molecule has 1 saturated heterocycles. The van der Waals surface area contributed by atoms with E-state index >= 15 is 0 Å². The maximum Gasteiger partial charge on any atom is 0.217 e. The lowest BCUT2D eigenvalue weighted by Crippen LogP contribution is -2.35. The van der Waals surface area contributed by atoms with Crippen molar-refractivity contribution >= 4 is 17.2 Å². The SMILES string of the molecule is CC(=O)NC1CC(c2nnc3n2CCCCC3)N(Cc2nc3c(s2)CCC3)C1.CCC. The number of rotatable bonds is 4. The first kappa shape index (κ1) is 22.4. The Kier molecular flexibility index (Phi) is 7.38. The summed E-state index contributed by atoms with van der Waals surface area (Å²) in [6, 6.07) is 0.350. The molecule has 2 atom stereocenters. The van der Waals surface area contributed by atoms with Crippen LogP contribution in [-0.4, -0.2) is 43.1 Å². The van der Waals surface area contributed by atoms with Crippen LogP contribution in [0.5, 0.6) is 0 Å². The number of likely N-dealkylation sites (tertiary alicyclic amines) is 1. The normalized spacial score (nSPS) is 22.9. The third-order valence-corrected chi connectivity index (χ3v) is 7.37. The second-order valence-electron chi connectivity index (χ2n) is 9.05. The summed E-state index contributed by atoms with van der Waals surface area (Å²) in [4.78, 5) is 20.5. The lowest BCUT2D eigenvalue weighted by atomic mass is 10.1. The van der Waals surface area contributed by atoms with Crippen LogP contribution >= 0.6 is 11.3 Å². The molecule has 8 heteroatoms. The van der Waals surface area contributed by atoms with Crippen molar-refractivity contribution < 1.29 is 4.79 Å². The number of aryl methyl sites for hydroxylation is 3. The molecular weight excluding hydrogens is 408 g/mol. The van der Waals surface area contributed by atoms with E-state index in [4.69, 9.17) is 4.98 Å². The average molecular weight is 445 g/mol. The van der Waals surface area contributed by atoms with Gasteiger partial charge in [0.15, 0.2) is 5.82 Å². The molecule has 3 aliphatic rings. The highest BCUT2D eigenvalue weighted by Gasteiger charge is 2.38. The monoisotopic (exact) mass is 444 g/mol. The van der Waals surface area contributed by atoms with E-state index in [0.717, 1.165) is 50.5 Å². The van der Waals surface area contributed by atoms with Crippen LogP contribution < -0.4 is 5.32 Å². The molecule has 4 heterocycles. The summed E-state index contributed by atoms with van der Waals surface area (Å²) in [6.07, 6.45) is 10.4. The van der Waals surface area contributed by atoms with Gasteiger partial charge < -0.3 is 9.88 Å². The summed E-state index contributed by atoms with van der Waals surface area (Å²) in [7, 11) is 0. The van der Waals surface area contributed by atoms with E-state index in [2.05, 4.69) is 38.8 Å². The van der Waals surface area contributed by atoms with Crippen molar-refractivity contribution in [3.8, 4) is 0 Å². The Balaban J connectivity index is 0.000000730. The lowest BCUT2D eigenvalue weighted by Gasteiger charge is -2.23. The quantitative estimate of drug-likeness (QED) is 0.776. The minimum atomic E-state index is 0.0406. The van der Waals surface area contributed by atoms with Gasteiger partial charge in [0.05, 0.1) is 18.3 Å². The predicted octanol–water partition coefficient (Wildman–Crippen LogP) is 3.82. The Morgan fingerprint density at radius 1 is 1.13 bits per heavy atom. The molecule has 1 N–H and O–H groups in total. The van der Waals surface area contributed by atoms with Crippen molar-refractivity contribution in [3.05, 3.63) is 27.2 Å². The summed E-state index contributed by atoms with van der Waals surface area (Å²) in [6.45, 7) is 8.54. The molecule has 2 aromatic heterocycles. The van der Waals surface area contributed by atoms with Crippen LogP contribution in [0.4, 0.5) is 0 Å². The number of amides is 1. The average Bonchev–Trinajstić information content (AvgIpc) is 3.44. The predicted molar refractivity (Wildman–Crippen MR) is 123 cm³/mol. The van der Waals surface area contributed by atoms with Gasteiger partial charge in [-0.05, 0) is 38.5 Å². The van der Waals surface area contributed by atoms with Crippen molar-refractivity contribution in [1.29, 1.82) is 0 Å². The number of nitrogens with one attached hydrogen (secondary N) is 1. The molecule has 7 nitrogen and oxygen atoms in total. The van der Waals surface area contributed by atoms with Crippen molar-refractivity contribution in [2.24, 2.45) is 0 Å². The van der Waals surface area contributed by atoms with Gasteiger partial charge in [-0.15, -0.1) is 21.5 Å². The number of hydrogen-bond acceptors (Lipinski definition) is 6. The number of carbonyl (C=O) groups excluding carboxylic acids is 1. The van der Waals surface area contributed by atoms with Crippen LogP contribution in [0.15, 0.2) is 0 Å². The van der Waals surface area contributed by atoms with Crippen LogP contribution in [0.3, 0.4) is 0 Å². The summed E-state index contributed by atoms with van der Waals surface area (Å²) in [5.41, 5.74) is 1.31. The zero-order valence-electron chi connectivity index (χ0n) is 19.2. The molecule has 0 spiro atoms. The van der Waals surface area contributed by atoms with Crippen LogP contribution in [0.25, 0.3) is 0 Å². The fraction of sp³-hybridized carbons (Fsp3) is 0.739. The molecule has 0 bridgehead atoms. The first-order chi connectivity index (χ1) is 15.1. The maximum absolute atomic E-state index is 11.7. The highest BCUT2D eigenvalue weighted by molar-refractivity contribution is 7.11. The molecule has 1 fully saturated rings. The largest absolute Gasteiger partial charge is 0.352 e. The van der Waals surface area contributed by atoms with Crippen LogP contribution in [0.2, 0.25) is 0 Å². The van der Waals surface area contributed by atoms with E-state index < -0.39 is 0 Å². The first-order valence-corrected chi connectivity index (χ1v) is 12.8. The molecule has 0 aromatic carbocycles. The molecule has 2 unspecified atom stereocenters. The third-order valence-electron chi connectivity index (χ3n) is 6.23. The van der Waals surface area contributed by atoms with Gasteiger partial charge >= 0.3 is 0 Å². The number of hydrogen-bond donors (Lipinski definition) is 1. The maximum atomic E-state index is 11.7. The standard InChI is InChI=1S/C20H28N6OS.C3H8/c1-13(27)21-14-10-16(20-24-23-18-8-3-2-4-9-26(18)20)25(11-14)12-19-22-15-6-5-7-17(15)28-19;1-3-2/h14,16H,2-12H2,1H3,(H,21,27);3H2,1-2H3. The van der Waals surface area contributed by atoms with Gasteiger partial charge in [0.1, 0.15) is 10.8 Å². The Bertz CT molecular complexity index is 869.